The summed E-state index contributed by atoms with van der Waals surface area (Å²) in [4.78, 5) is 23.9. The third kappa shape index (κ3) is 1.89. The summed E-state index contributed by atoms with van der Waals surface area (Å²) in [5.74, 6) is -0.946. The second-order valence-electron chi connectivity index (χ2n) is 4.36. The Morgan fingerprint density at radius 2 is 1.94 bits per heavy atom. The molecular formula is C12H14N2O3. The summed E-state index contributed by atoms with van der Waals surface area (Å²) in [6.07, 6.45) is 0. The van der Waals surface area contributed by atoms with Crippen LogP contribution in [0.15, 0.2) is 24.3 Å². The van der Waals surface area contributed by atoms with Gasteiger partial charge in [0.05, 0.1) is 11.3 Å². The Kier molecular flexibility index (Phi) is 2.85. The molecule has 5 nitrogen and oxygen atoms in total. The van der Waals surface area contributed by atoms with Gasteiger partial charge in [0.25, 0.3) is 11.8 Å². The van der Waals surface area contributed by atoms with Gasteiger partial charge < -0.3 is 5.32 Å². The van der Waals surface area contributed by atoms with Crippen LogP contribution in [0.5, 0.6) is 0 Å². The van der Waals surface area contributed by atoms with Gasteiger partial charge in [-0.1, -0.05) is 26.0 Å². The minimum absolute atomic E-state index is 0.0876. The number of hydrogen-bond donors (Lipinski definition) is 2. The first kappa shape index (κ1) is 11.6. The molecule has 0 fully saturated rings. The number of carbonyl (C=O) groups excluding carboxylic acids is 2. The smallest absolute Gasteiger partial charge is 0.273 e. The summed E-state index contributed by atoms with van der Waals surface area (Å²) in [6, 6.07) is 5.75. The third-order valence-electron chi connectivity index (χ3n) is 2.80. The zero-order chi connectivity index (χ0) is 12.6. The summed E-state index contributed by atoms with van der Waals surface area (Å²) >= 11 is 0. The molecule has 0 spiro atoms. The van der Waals surface area contributed by atoms with Crippen molar-refractivity contribution in [2.24, 2.45) is 5.92 Å². The van der Waals surface area contributed by atoms with Gasteiger partial charge in [-0.15, -0.1) is 0 Å². The molecule has 1 aliphatic rings. The summed E-state index contributed by atoms with van der Waals surface area (Å²) in [5.41, 5.74) is 0.518. The van der Waals surface area contributed by atoms with E-state index >= 15 is 0 Å². The van der Waals surface area contributed by atoms with Gasteiger partial charge in [0.2, 0.25) is 0 Å². The van der Waals surface area contributed by atoms with E-state index in [-0.39, 0.29) is 17.5 Å². The second-order valence-corrected chi connectivity index (χ2v) is 4.36. The first-order valence-corrected chi connectivity index (χ1v) is 5.45. The van der Waals surface area contributed by atoms with Crippen LogP contribution in [-0.2, 0) is 4.79 Å². The first-order valence-electron chi connectivity index (χ1n) is 5.45. The Balaban J connectivity index is 2.50. The van der Waals surface area contributed by atoms with Crippen LogP contribution >= 0.6 is 0 Å². The first-order chi connectivity index (χ1) is 8.02. The Morgan fingerprint density at radius 3 is 2.59 bits per heavy atom. The number of benzene rings is 1. The fraction of sp³-hybridized carbons (Fsp3) is 0.333. The quantitative estimate of drug-likeness (QED) is 0.717. The molecule has 0 aromatic heterocycles. The molecule has 2 amide bonds. The highest BCUT2D eigenvalue weighted by atomic mass is 16.5. The van der Waals surface area contributed by atoms with E-state index in [2.05, 4.69) is 5.32 Å². The van der Waals surface area contributed by atoms with Crippen molar-refractivity contribution in [3.8, 4) is 0 Å². The molecule has 1 aliphatic heterocycles. The molecule has 0 saturated heterocycles. The zero-order valence-electron chi connectivity index (χ0n) is 9.68. The van der Waals surface area contributed by atoms with Crippen LogP contribution in [0.3, 0.4) is 0 Å². The molecule has 0 unspecified atom stereocenters. The van der Waals surface area contributed by atoms with E-state index in [1.807, 2.05) is 13.8 Å². The molecule has 0 saturated carbocycles. The normalized spacial score (nSPS) is 20.0. The molecule has 2 N–H and O–H groups in total. The molecule has 1 atom stereocenters. The summed E-state index contributed by atoms with van der Waals surface area (Å²) in [6.45, 7) is 3.62. The van der Waals surface area contributed by atoms with Crippen molar-refractivity contribution in [1.82, 2.24) is 5.32 Å². The standard InChI is InChI=1S/C12H14N2O3/c1-7(2)10-12(16)14(17)9-6-4-3-5-8(9)11(15)13-10/h3-7,10,17H,1-2H3,(H,13,15)/t10-/m1/s1. The lowest BCUT2D eigenvalue weighted by atomic mass is 10.0. The van der Waals surface area contributed by atoms with E-state index in [4.69, 9.17) is 0 Å². The lowest BCUT2D eigenvalue weighted by molar-refractivity contribution is -0.126. The predicted octanol–water partition coefficient (Wildman–Crippen LogP) is 1.18. The molecule has 0 radical (unpaired) electrons. The number of nitrogens with zero attached hydrogens (tertiary/aromatic N) is 1. The molecule has 90 valence electrons. The number of fused-ring (bicyclic) bond motifs is 1. The lowest BCUT2D eigenvalue weighted by Gasteiger charge is -2.21. The van der Waals surface area contributed by atoms with Crippen molar-refractivity contribution < 1.29 is 14.8 Å². The van der Waals surface area contributed by atoms with E-state index < -0.39 is 11.9 Å². The van der Waals surface area contributed by atoms with Crippen LogP contribution in [0, 0.1) is 5.92 Å². The zero-order valence-corrected chi connectivity index (χ0v) is 9.68. The van der Waals surface area contributed by atoms with Gasteiger partial charge in [0, 0.05) is 0 Å². The van der Waals surface area contributed by atoms with Crippen molar-refractivity contribution in [1.29, 1.82) is 0 Å². The van der Waals surface area contributed by atoms with Crippen molar-refractivity contribution in [2.75, 3.05) is 5.06 Å². The van der Waals surface area contributed by atoms with Crippen LogP contribution < -0.4 is 10.4 Å². The van der Waals surface area contributed by atoms with Crippen molar-refractivity contribution in [3.05, 3.63) is 29.8 Å². The number of hydroxylamine groups is 1. The van der Waals surface area contributed by atoms with Crippen LogP contribution in [0.1, 0.15) is 24.2 Å². The highest BCUT2D eigenvalue weighted by Crippen LogP contribution is 2.24. The van der Waals surface area contributed by atoms with Gasteiger partial charge in [-0.2, -0.15) is 5.06 Å². The molecular weight excluding hydrogens is 220 g/mol. The minimum atomic E-state index is -0.708. The highest BCUT2D eigenvalue weighted by Gasteiger charge is 2.34. The number of carbonyl (C=O) groups is 2. The minimum Gasteiger partial charge on any atom is -0.340 e. The van der Waals surface area contributed by atoms with Crippen molar-refractivity contribution in [2.45, 2.75) is 19.9 Å². The molecule has 1 aromatic carbocycles. The number of rotatable bonds is 1. The Labute approximate surface area is 99.0 Å². The van der Waals surface area contributed by atoms with Gasteiger partial charge >= 0.3 is 0 Å². The molecule has 1 aromatic rings. The van der Waals surface area contributed by atoms with E-state index in [0.29, 0.717) is 10.6 Å². The van der Waals surface area contributed by atoms with E-state index in [1.165, 1.54) is 6.07 Å². The number of amides is 2. The van der Waals surface area contributed by atoms with E-state index in [9.17, 15) is 14.8 Å². The summed E-state index contributed by atoms with van der Waals surface area (Å²) < 4.78 is 0. The fourth-order valence-electron chi connectivity index (χ4n) is 1.83. The van der Waals surface area contributed by atoms with Crippen LogP contribution in [0.4, 0.5) is 5.69 Å². The number of hydrogen-bond acceptors (Lipinski definition) is 3. The van der Waals surface area contributed by atoms with Crippen LogP contribution in [0.25, 0.3) is 0 Å². The lowest BCUT2D eigenvalue weighted by Crippen LogP contribution is -2.47. The van der Waals surface area contributed by atoms with Gasteiger partial charge in [0.15, 0.2) is 0 Å². The monoisotopic (exact) mass is 234 g/mol. The maximum atomic E-state index is 12.0. The van der Waals surface area contributed by atoms with Gasteiger partial charge in [-0.25, -0.2) is 0 Å². The van der Waals surface area contributed by atoms with Crippen LogP contribution in [0.2, 0.25) is 0 Å². The average Bonchev–Trinajstić information content (AvgIpc) is 2.41. The maximum Gasteiger partial charge on any atom is 0.273 e. The van der Waals surface area contributed by atoms with Crippen molar-refractivity contribution >= 4 is 17.5 Å². The summed E-state index contributed by atoms with van der Waals surface area (Å²) in [5, 5.41) is 13.0. The molecule has 2 rings (SSSR count). The molecule has 5 heteroatoms. The highest BCUT2D eigenvalue weighted by molar-refractivity contribution is 6.09. The molecule has 17 heavy (non-hydrogen) atoms. The number of para-hydroxylation sites is 1. The van der Waals surface area contributed by atoms with Gasteiger partial charge in [-0.05, 0) is 18.1 Å². The predicted molar refractivity (Wildman–Crippen MR) is 61.8 cm³/mol. The van der Waals surface area contributed by atoms with Crippen LogP contribution in [-0.4, -0.2) is 23.1 Å². The molecule has 1 heterocycles. The SMILES string of the molecule is CC(C)[C@H]1NC(=O)c2ccccc2N(O)C1=O. The molecule has 0 bridgehead atoms. The van der Waals surface area contributed by atoms with E-state index in [0.717, 1.165) is 0 Å². The maximum absolute atomic E-state index is 12.0. The van der Waals surface area contributed by atoms with E-state index in [1.54, 1.807) is 18.2 Å². The van der Waals surface area contributed by atoms with Crippen molar-refractivity contribution in [3.63, 3.8) is 0 Å². The second kappa shape index (κ2) is 4.18. The van der Waals surface area contributed by atoms with Gasteiger partial charge in [0.1, 0.15) is 6.04 Å². The molecule has 0 aliphatic carbocycles. The van der Waals surface area contributed by atoms with Gasteiger partial charge in [-0.3, -0.25) is 14.8 Å². The summed E-state index contributed by atoms with van der Waals surface area (Å²) in [7, 11) is 0. The Bertz CT molecular complexity index is 471. The topological polar surface area (TPSA) is 69.6 Å². The largest absolute Gasteiger partial charge is 0.340 e. The third-order valence-corrected chi connectivity index (χ3v) is 2.80. The number of anilines is 1. The number of nitrogens with one attached hydrogen (secondary N) is 1. The average molecular weight is 234 g/mol. The Hall–Kier alpha value is -1.88. The fourth-order valence-corrected chi connectivity index (χ4v) is 1.83. The Morgan fingerprint density at radius 1 is 1.29 bits per heavy atom.